The molecule has 2 aliphatic heterocycles. The molecule has 1 aromatic carbocycles. The topological polar surface area (TPSA) is 25.5 Å². The monoisotopic (exact) mass is 262 g/mol. The minimum atomic E-state index is 0.961. The molecule has 2 saturated heterocycles. The molecule has 0 bridgehead atoms. The number of piperazine rings is 1. The van der Waals surface area contributed by atoms with Gasteiger partial charge in [-0.25, -0.2) is 0 Å². The molecular formula is C16H28N3+3. The first-order valence-corrected chi connectivity index (χ1v) is 7.95. The Labute approximate surface area is 116 Å². The Hall–Kier alpha value is -0.900. The molecule has 0 amide bonds. The molecule has 2 fully saturated rings. The Morgan fingerprint density at radius 1 is 0.947 bits per heavy atom. The second-order valence-electron chi connectivity index (χ2n) is 6.21. The van der Waals surface area contributed by atoms with Gasteiger partial charge < -0.3 is 15.1 Å². The highest BCUT2D eigenvalue weighted by Crippen LogP contribution is 1.96. The van der Waals surface area contributed by atoms with Gasteiger partial charge in [0.1, 0.15) is 32.7 Å². The van der Waals surface area contributed by atoms with Crippen LogP contribution in [0.4, 0.5) is 0 Å². The average Bonchev–Trinajstić information content (AvgIpc) is 2.50. The van der Waals surface area contributed by atoms with Crippen LogP contribution in [-0.2, 0) is 6.54 Å². The Balaban J connectivity index is 1.46. The van der Waals surface area contributed by atoms with Crippen molar-refractivity contribution < 1.29 is 15.1 Å². The molecule has 0 radical (unpaired) electrons. The van der Waals surface area contributed by atoms with Crippen LogP contribution in [0, 0.1) is 0 Å². The van der Waals surface area contributed by atoms with Crippen molar-refractivity contribution in [3.8, 4) is 0 Å². The van der Waals surface area contributed by atoms with Gasteiger partial charge in [-0.2, -0.15) is 0 Å². The summed E-state index contributed by atoms with van der Waals surface area (Å²) in [7, 11) is 0. The van der Waals surface area contributed by atoms with E-state index in [1.54, 1.807) is 4.90 Å². The van der Waals surface area contributed by atoms with Crippen LogP contribution < -0.4 is 15.1 Å². The first kappa shape index (κ1) is 13.1. The highest BCUT2D eigenvalue weighted by atomic mass is 15.3. The third-order valence-electron chi connectivity index (χ3n) is 4.91. The highest BCUT2D eigenvalue weighted by Gasteiger charge is 2.31. The molecule has 3 heteroatoms. The van der Waals surface area contributed by atoms with E-state index in [1.807, 2.05) is 4.90 Å². The lowest BCUT2D eigenvalue weighted by molar-refractivity contribution is -1.03. The van der Waals surface area contributed by atoms with Crippen LogP contribution in [0.25, 0.3) is 0 Å². The summed E-state index contributed by atoms with van der Waals surface area (Å²) in [5.41, 5.74) is 1.49. The summed E-state index contributed by atoms with van der Waals surface area (Å²) in [5, 5.41) is 2.48. The molecule has 104 valence electrons. The molecule has 3 nitrogen and oxygen atoms in total. The van der Waals surface area contributed by atoms with Crippen molar-refractivity contribution in [1.29, 1.82) is 0 Å². The number of benzene rings is 1. The van der Waals surface area contributed by atoms with Gasteiger partial charge in [0.15, 0.2) is 0 Å². The Kier molecular flexibility index (Phi) is 4.49. The zero-order valence-corrected chi connectivity index (χ0v) is 11.9. The Bertz CT molecular complexity index is 365. The van der Waals surface area contributed by atoms with E-state index in [2.05, 4.69) is 35.6 Å². The maximum absolute atomic E-state index is 2.48. The fraction of sp³-hybridized carbons (Fsp3) is 0.625. The van der Waals surface area contributed by atoms with Crippen molar-refractivity contribution in [3.63, 3.8) is 0 Å². The summed E-state index contributed by atoms with van der Waals surface area (Å²) >= 11 is 0. The molecule has 2 aliphatic rings. The third-order valence-corrected chi connectivity index (χ3v) is 4.91. The van der Waals surface area contributed by atoms with Gasteiger partial charge in [-0.1, -0.05) is 30.3 Å². The van der Waals surface area contributed by atoms with Crippen molar-refractivity contribution >= 4 is 0 Å². The van der Waals surface area contributed by atoms with E-state index in [0.29, 0.717) is 0 Å². The van der Waals surface area contributed by atoms with E-state index in [1.165, 1.54) is 64.2 Å². The van der Waals surface area contributed by atoms with Gasteiger partial charge in [0.05, 0.1) is 19.1 Å². The number of rotatable bonds is 3. The van der Waals surface area contributed by atoms with E-state index >= 15 is 0 Å². The number of nitrogens with one attached hydrogen (secondary N) is 2. The molecular weight excluding hydrogens is 234 g/mol. The molecule has 1 aromatic rings. The lowest BCUT2D eigenvalue weighted by Gasteiger charge is -2.35. The molecule has 4 N–H and O–H groups in total. The molecule has 3 rings (SSSR count). The van der Waals surface area contributed by atoms with Crippen molar-refractivity contribution in [2.45, 2.75) is 25.4 Å². The van der Waals surface area contributed by atoms with Gasteiger partial charge in [0.25, 0.3) is 0 Å². The van der Waals surface area contributed by atoms with Gasteiger partial charge in [-0.15, -0.1) is 0 Å². The first-order valence-electron chi connectivity index (χ1n) is 7.95. The maximum Gasteiger partial charge on any atom is 0.127 e. The maximum atomic E-state index is 2.48. The zero-order valence-electron chi connectivity index (χ0n) is 11.9. The smallest absolute Gasteiger partial charge is 0.127 e. The number of hydrogen-bond acceptors (Lipinski definition) is 0. The number of quaternary nitrogens is 3. The number of piperidine rings is 1. The van der Waals surface area contributed by atoms with Crippen molar-refractivity contribution in [2.24, 2.45) is 0 Å². The second kappa shape index (κ2) is 6.51. The minimum absolute atomic E-state index is 0.961. The first-order chi connectivity index (χ1) is 9.42. The Morgan fingerprint density at radius 2 is 1.63 bits per heavy atom. The zero-order chi connectivity index (χ0) is 12.9. The third kappa shape index (κ3) is 3.56. The Morgan fingerprint density at radius 3 is 2.32 bits per heavy atom. The molecule has 0 aromatic heterocycles. The van der Waals surface area contributed by atoms with Crippen LogP contribution in [0.5, 0.6) is 0 Å². The molecule has 0 spiro atoms. The lowest BCUT2D eigenvalue weighted by atomic mass is 10.0. The predicted octanol–water partition coefficient (Wildman–Crippen LogP) is -2.30. The van der Waals surface area contributed by atoms with E-state index in [0.717, 1.165) is 6.04 Å². The standard InChI is InChI=1S/C16H25N3/c1-2-4-15(5-3-1)14-18-10-12-19(13-11-18)16-6-8-17-9-7-16/h1-5,16-17H,6-14H2/p+3. The molecule has 19 heavy (non-hydrogen) atoms. The molecule has 0 saturated carbocycles. The number of nitrogens with two attached hydrogens (primary N) is 1. The fourth-order valence-corrected chi connectivity index (χ4v) is 3.73. The lowest BCUT2D eigenvalue weighted by Crippen LogP contribution is -3.29. The summed E-state index contributed by atoms with van der Waals surface area (Å²) < 4.78 is 0. The van der Waals surface area contributed by atoms with Crippen LogP contribution in [0.1, 0.15) is 18.4 Å². The molecule has 0 atom stereocenters. The van der Waals surface area contributed by atoms with Gasteiger partial charge >= 0.3 is 0 Å². The predicted molar refractivity (Wildman–Crippen MR) is 76.2 cm³/mol. The largest absolute Gasteiger partial charge is 0.346 e. The van der Waals surface area contributed by atoms with Crippen molar-refractivity contribution in [3.05, 3.63) is 35.9 Å². The summed E-state index contributed by atoms with van der Waals surface area (Å²) in [5.74, 6) is 0. The van der Waals surface area contributed by atoms with Crippen LogP contribution in [0.15, 0.2) is 30.3 Å². The second-order valence-corrected chi connectivity index (χ2v) is 6.21. The van der Waals surface area contributed by atoms with E-state index in [-0.39, 0.29) is 0 Å². The summed E-state index contributed by atoms with van der Waals surface area (Å²) in [6.45, 7) is 9.39. The summed E-state index contributed by atoms with van der Waals surface area (Å²) in [4.78, 5) is 3.67. The molecule has 0 aliphatic carbocycles. The van der Waals surface area contributed by atoms with E-state index in [9.17, 15) is 0 Å². The van der Waals surface area contributed by atoms with Gasteiger partial charge in [0.2, 0.25) is 0 Å². The van der Waals surface area contributed by atoms with E-state index in [4.69, 9.17) is 0 Å². The van der Waals surface area contributed by atoms with Crippen LogP contribution >= 0.6 is 0 Å². The molecule has 2 heterocycles. The van der Waals surface area contributed by atoms with Crippen molar-refractivity contribution in [2.75, 3.05) is 39.3 Å². The molecule has 0 unspecified atom stereocenters. The SMILES string of the molecule is c1ccc(C[NH+]2CC[NH+](C3CC[NH2+]CC3)CC2)cc1. The van der Waals surface area contributed by atoms with E-state index < -0.39 is 0 Å². The average molecular weight is 262 g/mol. The summed E-state index contributed by atoms with van der Waals surface area (Å²) in [6, 6.07) is 11.9. The fourth-order valence-electron chi connectivity index (χ4n) is 3.73. The van der Waals surface area contributed by atoms with Gasteiger partial charge in [-0.05, 0) is 0 Å². The van der Waals surface area contributed by atoms with Crippen molar-refractivity contribution in [1.82, 2.24) is 0 Å². The van der Waals surface area contributed by atoms with Gasteiger partial charge in [-0.3, -0.25) is 0 Å². The van der Waals surface area contributed by atoms with Gasteiger partial charge in [0, 0.05) is 18.4 Å². The van der Waals surface area contributed by atoms with Crippen LogP contribution in [-0.4, -0.2) is 45.3 Å². The van der Waals surface area contributed by atoms with Crippen LogP contribution in [0.3, 0.4) is 0 Å². The summed E-state index contributed by atoms with van der Waals surface area (Å²) in [6.07, 6.45) is 2.87. The highest BCUT2D eigenvalue weighted by molar-refractivity contribution is 5.13. The van der Waals surface area contributed by atoms with Crippen LogP contribution in [0.2, 0.25) is 0 Å². The minimum Gasteiger partial charge on any atom is -0.346 e. The quantitative estimate of drug-likeness (QED) is 0.546. The number of hydrogen-bond donors (Lipinski definition) is 3. The normalized spacial score (nSPS) is 29.3.